The van der Waals surface area contributed by atoms with E-state index in [-0.39, 0.29) is 24.4 Å². The number of ether oxygens (including phenoxy) is 1. The zero-order valence-electron chi connectivity index (χ0n) is 19.0. The third-order valence-electron chi connectivity index (χ3n) is 6.58. The number of likely N-dealkylation sites (tertiary alicyclic amines) is 1. The summed E-state index contributed by atoms with van der Waals surface area (Å²) in [5, 5.41) is 20.2. The van der Waals surface area contributed by atoms with Crippen molar-refractivity contribution < 1.29 is 19.4 Å². The van der Waals surface area contributed by atoms with Crippen molar-refractivity contribution in [2.24, 2.45) is 5.92 Å². The summed E-state index contributed by atoms with van der Waals surface area (Å²) in [6.45, 7) is 0.930. The molecule has 5 rings (SSSR count). The van der Waals surface area contributed by atoms with Crippen molar-refractivity contribution in [2.75, 3.05) is 20.2 Å². The highest BCUT2D eigenvalue weighted by Gasteiger charge is 2.36. The van der Waals surface area contributed by atoms with Crippen LogP contribution in [0.5, 0.6) is 5.75 Å². The highest BCUT2D eigenvalue weighted by atomic mass is 16.5. The van der Waals surface area contributed by atoms with Crippen LogP contribution in [-0.4, -0.2) is 58.3 Å². The minimum atomic E-state index is -0.631. The molecule has 2 heterocycles. The molecule has 2 fully saturated rings. The predicted molar refractivity (Wildman–Crippen MR) is 126 cm³/mol. The molecule has 1 saturated heterocycles. The predicted octanol–water partition coefficient (Wildman–Crippen LogP) is 3.17. The van der Waals surface area contributed by atoms with Gasteiger partial charge in [-0.15, -0.1) is 0 Å². The molecule has 8 nitrogen and oxygen atoms in total. The second kappa shape index (κ2) is 9.30. The van der Waals surface area contributed by atoms with Crippen LogP contribution in [0.15, 0.2) is 54.9 Å². The zero-order valence-corrected chi connectivity index (χ0v) is 19.0. The lowest BCUT2D eigenvalue weighted by Gasteiger charge is -2.25. The number of benzene rings is 2. The van der Waals surface area contributed by atoms with Gasteiger partial charge in [-0.05, 0) is 61.1 Å². The molecule has 0 spiro atoms. The summed E-state index contributed by atoms with van der Waals surface area (Å²) in [7, 11) is 1.56. The van der Waals surface area contributed by atoms with Gasteiger partial charge in [0, 0.05) is 41.5 Å². The monoisotopic (exact) mass is 460 g/mol. The summed E-state index contributed by atoms with van der Waals surface area (Å²) >= 11 is 0. The Morgan fingerprint density at radius 2 is 2.06 bits per heavy atom. The molecule has 8 heteroatoms. The largest absolute Gasteiger partial charge is 0.496 e. The Morgan fingerprint density at radius 3 is 2.79 bits per heavy atom. The van der Waals surface area contributed by atoms with Crippen LogP contribution in [-0.2, 0) is 0 Å². The zero-order chi connectivity index (χ0) is 23.7. The van der Waals surface area contributed by atoms with Gasteiger partial charge < -0.3 is 20.1 Å². The maximum absolute atomic E-state index is 13.5. The number of rotatable bonds is 7. The second-order valence-electron chi connectivity index (χ2n) is 9.04. The van der Waals surface area contributed by atoms with Crippen molar-refractivity contribution in [3.63, 3.8) is 0 Å². The van der Waals surface area contributed by atoms with Crippen LogP contribution in [0.25, 0.3) is 11.1 Å². The Bertz CT molecular complexity index is 1190. The molecular formula is C26H28N4O4. The minimum absolute atomic E-state index is 0.107. The molecular weight excluding hydrogens is 432 g/mol. The van der Waals surface area contributed by atoms with Crippen LogP contribution in [0, 0.1) is 5.92 Å². The molecule has 1 aliphatic heterocycles. The van der Waals surface area contributed by atoms with Crippen molar-refractivity contribution in [3.8, 4) is 16.9 Å². The lowest BCUT2D eigenvalue weighted by molar-refractivity contribution is 0.0715. The number of methoxy groups -OCH3 is 1. The molecule has 2 amide bonds. The van der Waals surface area contributed by atoms with E-state index >= 15 is 0 Å². The van der Waals surface area contributed by atoms with Crippen LogP contribution in [0.2, 0.25) is 0 Å². The molecule has 3 aromatic rings. The van der Waals surface area contributed by atoms with Gasteiger partial charge in [-0.3, -0.25) is 14.7 Å². The summed E-state index contributed by atoms with van der Waals surface area (Å²) in [5.74, 6) is 0.868. The van der Waals surface area contributed by atoms with Gasteiger partial charge in [-0.25, -0.2) is 0 Å². The van der Waals surface area contributed by atoms with Gasteiger partial charge in [0.15, 0.2) is 0 Å². The fourth-order valence-corrected chi connectivity index (χ4v) is 4.53. The van der Waals surface area contributed by atoms with Crippen molar-refractivity contribution in [3.05, 3.63) is 71.5 Å². The van der Waals surface area contributed by atoms with Crippen LogP contribution in [0.3, 0.4) is 0 Å². The highest BCUT2D eigenvalue weighted by molar-refractivity contribution is 5.96. The Labute approximate surface area is 197 Å². The Balaban J connectivity index is 1.38. The average Bonchev–Trinajstić information content (AvgIpc) is 3.37. The third-order valence-corrected chi connectivity index (χ3v) is 6.58. The van der Waals surface area contributed by atoms with Crippen LogP contribution in [0.4, 0.5) is 0 Å². The van der Waals surface area contributed by atoms with E-state index in [2.05, 4.69) is 15.5 Å². The first-order chi connectivity index (χ1) is 16.5. The highest BCUT2D eigenvalue weighted by Crippen LogP contribution is 2.36. The van der Waals surface area contributed by atoms with Crippen molar-refractivity contribution >= 4 is 11.8 Å². The standard InChI is InChI=1S/C26H28N4O4/c1-34-24-10-19(7-8-22(24)20-13-28-29-14-20)26(33)30-15-21(31)11-23(30)17-3-2-4-18(9-17)25(32)27-12-16-5-6-16/h2-4,7-10,13-14,16,21,23,31H,5-6,11-12,15H2,1H3,(H,27,32)(H,28,29). The number of hydrogen-bond donors (Lipinski definition) is 3. The second-order valence-corrected chi connectivity index (χ2v) is 9.04. The number of carbonyl (C=O) groups is 2. The molecule has 2 aromatic carbocycles. The number of aromatic amines is 1. The third kappa shape index (κ3) is 4.54. The van der Waals surface area contributed by atoms with Crippen molar-refractivity contribution in [1.82, 2.24) is 20.4 Å². The Morgan fingerprint density at radius 1 is 1.21 bits per heavy atom. The lowest BCUT2D eigenvalue weighted by atomic mass is 10.00. The number of amides is 2. The summed E-state index contributed by atoms with van der Waals surface area (Å²) in [4.78, 5) is 27.8. The molecule has 34 heavy (non-hydrogen) atoms. The summed E-state index contributed by atoms with van der Waals surface area (Å²) in [5.41, 5.74) is 3.57. The van der Waals surface area contributed by atoms with E-state index in [1.807, 2.05) is 24.3 Å². The molecule has 1 aromatic heterocycles. The molecule has 2 atom stereocenters. The number of carbonyl (C=O) groups excluding carboxylic acids is 2. The van der Waals surface area contributed by atoms with Crippen LogP contribution < -0.4 is 10.1 Å². The number of hydrogen-bond acceptors (Lipinski definition) is 5. The summed E-state index contributed by atoms with van der Waals surface area (Å²) in [6.07, 6.45) is 5.59. The van der Waals surface area contributed by atoms with Gasteiger partial charge in [-0.2, -0.15) is 5.10 Å². The quantitative estimate of drug-likeness (QED) is 0.502. The van der Waals surface area contributed by atoms with E-state index in [9.17, 15) is 14.7 Å². The molecule has 176 valence electrons. The first-order valence-corrected chi connectivity index (χ1v) is 11.6. The average molecular weight is 461 g/mol. The normalized spacial score (nSPS) is 19.8. The molecule has 0 bridgehead atoms. The fourth-order valence-electron chi connectivity index (χ4n) is 4.53. The maximum Gasteiger partial charge on any atom is 0.254 e. The molecule has 2 unspecified atom stereocenters. The number of aliphatic hydroxyl groups is 1. The molecule has 0 radical (unpaired) electrons. The van der Waals surface area contributed by atoms with Crippen LogP contribution in [0.1, 0.15) is 51.6 Å². The van der Waals surface area contributed by atoms with Gasteiger partial charge in [0.1, 0.15) is 5.75 Å². The van der Waals surface area contributed by atoms with E-state index in [0.717, 1.165) is 16.7 Å². The summed E-state index contributed by atoms with van der Waals surface area (Å²) < 4.78 is 5.54. The first kappa shape index (κ1) is 22.2. The molecule has 1 saturated carbocycles. The maximum atomic E-state index is 13.5. The number of β-amino-alcohol motifs (C(OH)–C–C–N with tert-alkyl or cyclic N) is 1. The number of aliphatic hydroxyl groups excluding tert-OH is 1. The summed E-state index contributed by atoms with van der Waals surface area (Å²) in [6, 6.07) is 12.3. The van der Waals surface area contributed by atoms with Gasteiger partial charge >= 0.3 is 0 Å². The first-order valence-electron chi connectivity index (χ1n) is 11.6. The van der Waals surface area contributed by atoms with Crippen LogP contribution >= 0.6 is 0 Å². The van der Waals surface area contributed by atoms with E-state index in [1.54, 1.807) is 42.6 Å². The van der Waals surface area contributed by atoms with Gasteiger partial charge in [0.2, 0.25) is 0 Å². The Hall–Kier alpha value is -3.65. The lowest BCUT2D eigenvalue weighted by Crippen LogP contribution is -2.32. The van der Waals surface area contributed by atoms with E-state index < -0.39 is 6.10 Å². The number of H-pyrrole nitrogens is 1. The molecule has 1 aliphatic carbocycles. The van der Waals surface area contributed by atoms with Crippen molar-refractivity contribution in [2.45, 2.75) is 31.4 Å². The number of nitrogens with zero attached hydrogens (tertiary/aromatic N) is 2. The molecule has 2 aliphatic rings. The smallest absolute Gasteiger partial charge is 0.254 e. The van der Waals surface area contributed by atoms with E-state index in [1.165, 1.54) is 12.8 Å². The van der Waals surface area contributed by atoms with Gasteiger partial charge in [-0.1, -0.05) is 12.1 Å². The SMILES string of the molecule is COc1cc(C(=O)N2CC(O)CC2c2cccc(C(=O)NCC3CC3)c2)ccc1-c1cn[nH]c1. The van der Waals surface area contributed by atoms with Gasteiger partial charge in [0.25, 0.3) is 11.8 Å². The van der Waals surface area contributed by atoms with E-state index in [4.69, 9.17) is 4.74 Å². The minimum Gasteiger partial charge on any atom is -0.496 e. The topological polar surface area (TPSA) is 108 Å². The van der Waals surface area contributed by atoms with Gasteiger partial charge in [0.05, 0.1) is 25.5 Å². The Kier molecular flexibility index (Phi) is 6.06. The fraction of sp³-hybridized carbons (Fsp3) is 0.346. The van der Waals surface area contributed by atoms with E-state index in [0.29, 0.717) is 35.8 Å². The van der Waals surface area contributed by atoms with Crippen molar-refractivity contribution in [1.29, 1.82) is 0 Å². The number of aromatic nitrogens is 2. The molecule has 3 N–H and O–H groups in total. The number of nitrogens with one attached hydrogen (secondary N) is 2.